The van der Waals surface area contributed by atoms with Gasteiger partial charge >= 0.3 is 0 Å². The van der Waals surface area contributed by atoms with Crippen molar-refractivity contribution >= 4 is 16.1 Å². The Bertz CT molecular complexity index is 419. The van der Waals surface area contributed by atoms with Gasteiger partial charge in [0.15, 0.2) is 0 Å². The second-order valence-electron chi connectivity index (χ2n) is 5.50. The molecule has 1 fully saturated rings. The third kappa shape index (κ3) is 4.43. The highest BCUT2D eigenvalue weighted by Crippen LogP contribution is 2.26. The summed E-state index contributed by atoms with van der Waals surface area (Å²) in [7, 11) is 0.0511. The quantitative estimate of drug-likeness (QED) is 0.789. The molecule has 2 atom stereocenters. The summed E-state index contributed by atoms with van der Waals surface area (Å²) >= 11 is 0. The van der Waals surface area contributed by atoms with Crippen LogP contribution in [0.4, 0.5) is 0 Å². The van der Waals surface area contributed by atoms with Crippen molar-refractivity contribution in [3.05, 3.63) is 0 Å². The van der Waals surface area contributed by atoms with Crippen molar-refractivity contribution in [2.45, 2.75) is 45.6 Å². The van der Waals surface area contributed by atoms with Gasteiger partial charge in [0.2, 0.25) is 5.91 Å². The monoisotopic (exact) mass is 305 g/mol. The average Bonchev–Trinajstić information content (AvgIpc) is 2.38. The van der Waals surface area contributed by atoms with Crippen molar-refractivity contribution in [2.24, 2.45) is 5.92 Å². The first-order valence-corrected chi connectivity index (χ1v) is 8.74. The van der Waals surface area contributed by atoms with Crippen LogP contribution in [0.3, 0.4) is 0 Å². The van der Waals surface area contributed by atoms with E-state index in [4.69, 9.17) is 0 Å². The van der Waals surface area contributed by atoms with Crippen molar-refractivity contribution in [1.82, 2.24) is 13.9 Å². The summed E-state index contributed by atoms with van der Waals surface area (Å²) in [5.41, 5.74) is 0. The highest BCUT2D eigenvalue weighted by Gasteiger charge is 2.31. The Kier molecular flexibility index (Phi) is 6.42. The number of carbonyl (C=O) groups excluding carboxylic acids is 1. The van der Waals surface area contributed by atoms with Gasteiger partial charge in [-0.1, -0.05) is 20.3 Å². The van der Waals surface area contributed by atoms with E-state index in [1.807, 2.05) is 13.8 Å². The van der Waals surface area contributed by atoms with Crippen LogP contribution in [0, 0.1) is 5.92 Å². The molecule has 118 valence electrons. The molecule has 0 radical (unpaired) electrons. The Morgan fingerprint density at radius 3 is 2.30 bits per heavy atom. The lowest BCUT2D eigenvalue weighted by Crippen LogP contribution is -2.48. The zero-order valence-electron chi connectivity index (χ0n) is 12.9. The first kappa shape index (κ1) is 17.4. The van der Waals surface area contributed by atoms with Crippen LogP contribution in [-0.2, 0) is 15.0 Å². The molecule has 1 aliphatic rings. The molecule has 0 aliphatic heterocycles. The van der Waals surface area contributed by atoms with Gasteiger partial charge in [-0.2, -0.15) is 17.4 Å². The first-order chi connectivity index (χ1) is 9.31. The third-order valence-electron chi connectivity index (χ3n) is 3.83. The molecule has 20 heavy (non-hydrogen) atoms. The normalized spacial score (nSPS) is 23.9. The largest absolute Gasteiger partial charge is 0.349 e. The van der Waals surface area contributed by atoms with Crippen LogP contribution >= 0.6 is 0 Å². The van der Waals surface area contributed by atoms with Crippen LogP contribution in [0.25, 0.3) is 0 Å². The summed E-state index contributed by atoms with van der Waals surface area (Å²) < 4.78 is 28.5. The number of nitrogens with one attached hydrogen (secondary N) is 1. The second kappa shape index (κ2) is 7.38. The van der Waals surface area contributed by atoms with Crippen LogP contribution in [-0.4, -0.2) is 56.8 Å². The zero-order chi connectivity index (χ0) is 15.3. The molecule has 0 aromatic heterocycles. The highest BCUT2D eigenvalue weighted by molar-refractivity contribution is 7.87. The second-order valence-corrected chi connectivity index (χ2v) is 7.20. The van der Waals surface area contributed by atoms with Gasteiger partial charge in [-0.3, -0.25) is 4.79 Å². The molecule has 0 heterocycles. The summed E-state index contributed by atoms with van der Waals surface area (Å²) in [6.45, 7) is 4.56. The highest BCUT2D eigenvalue weighted by atomic mass is 32.2. The first-order valence-electron chi connectivity index (χ1n) is 7.30. The molecule has 1 amide bonds. The van der Waals surface area contributed by atoms with Gasteiger partial charge in [-0.15, -0.1) is 0 Å². The van der Waals surface area contributed by atoms with Gasteiger partial charge < -0.3 is 4.90 Å². The molecule has 0 spiro atoms. The number of hydrogen-bond acceptors (Lipinski definition) is 3. The van der Waals surface area contributed by atoms with Crippen molar-refractivity contribution in [3.63, 3.8) is 0 Å². The van der Waals surface area contributed by atoms with E-state index in [0.29, 0.717) is 19.5 Å². The fourth-order valence-electron chi connectivity index (χ4n) is 2.73. The van der Waals surface area contributed by atoms with Gasteiger partial charge in [0.05, 0.1) is 0 Å². The summed E-state index contributed by atoms with van der Waals surface area (Å²) in [5, 5.41) is 0. The van der Waals surface area contributed by atoms with Crippen molar-refractivity contribution in [1.29, 1.82) is 0 Å². The summed E-state index contributed by atoms with van der Waals surface area (Å²) in [6.07, 6.45) is 3.13. The number of amides is 1. The smallest absolute Gasteiger partial charge is 0.279 e. The SMILES string of the molecule is CCN(CC)S(=O)(=O)NC1CCCC(C(=O)N(C)C)C1. The van der Waals surface area contributed by atoms with Crippen LogP contribution in [0.15, 0.2) is 0 Å². The molecule has 0 aromatic rings. The van der Waals surface area contributed by atoms with Crippen LogP contribution in [0.5, 0.6) is 0 Å². The van der Waals surface area contributed by atoms with E-state index in [9.17, 15) is 13.2 Å². The number of hydrogen-bond donors (Lipinski definition) is 1. The fraction of sp³-hybridized carbons (Fsp3) is 0.923. The fourth-order valence-corrected chi connectivity index (χ4v) is 4.20. The molecule has 0 saturated heterocycles. The maximum Gasteiger partial charge on any atom is 0.279 e. The average molecular weight is 305 g/mol. The molecule has 0 bridgehead atoms. The zero-order valence-corrected chi connectivity index (χ0v) is 13.7. The van der Waals surface area contributed by atoms with E-state index in [1.54, 1.807) is 19.0 Å². The van der Waals surface area contributed by atoms with E-state index < -0.39 is 10.2 Å². The number of nitrogens with zero attached hydrogens (tertiary/aromatic N) is 2. The van der Waals surface area contributed by atoms with Crippen molar-refractivity contribution in [3.8, 4) is 0 Å². The minimum atomic E-state index is -3.43. The molecular weight excluding hydrogens is 278 g/mol. The van der Waals surface area contributed by atoms with Gasteiger partial charge in [0, 0.05) is 39.1 Å². The van der Waals surface area contributed by atoms with Crippen LogP contribution in [0.1, 0.15) is 39.5 Å². The molecule has 1 rings (SSSR count). The minimum absolute atomic E-state index is 0.0665. The van der Waals surface area contributed by atoms with Crippen LogP contribution < -0.4 is 4.72 Å². The van der Waals surface area contributed by atoms with E-state index in [2.05, 4.69) is 4.72 Å². The topological polar surface area (TPSA) is 69.7 Å². The minimum Gasteiger partial charge on any atom is -0.349 e. The third-order valence-corrected chi connectivity index (χ3v) is 5.65. The summed E-state index contributed by atoms with van der Waals surface area (Å²) in [4.78, 5) is 13.6. The Morgan fingerprint density at radius 1 is 1.20 bits per heavy atom. The molecular formula is C13H27N3O3S. The molecule has 1 N–H and O–H groups in total. The molecule has 1 aliphatic carbocycles. The molecule has 7 heteroatoms. The van der Waals surface area contributed by atoms with E-state index >= 15 is 0 Å². The summed E-state index contributed by atoms with van der Waals surface area (Å²) in [5.74, 6) is 0.0277. The maximum atomic E-state index is 12.2. The lowest BCUT2D eigenvalue weighted by atomic mass is 9.85. The maximum absolute atomic E-state index is 12.2. The van der Waals surface area contributed by atoms with Gasteiger partial charge in [0.1, 0.15) is 0 Å². The van der Waals surface area contributed by atoms with Crippen molar-refractivity contribution < 1.29 is 13.2 Å². The Balaban J connectivity index is 2.67. The number of carbonyl (C=O) groups is 1. The lowest BCUT2D eigenvalue weighted by Gasteiger charge is -2.31. The summed E-state index contributed by atoms with van der Waals surface area (Å²) in [6, 6.07) is -0.136. The molecule has 0 aromatic carbocycles. The van der Waals surface area contributed by atoms with E-state index in [1.165, 1.54) is 4.31 Å². The predicted molar refractivity (Wildman–Crippen MR) is 79.4 cm³/mol. The molecule has 1 saturated carbocycles. The van der Waals surface area contributed by atoms with Crippen molar-refractivity contribution in [2.75, 3.05) is 27.2 Å². The Morgan fingerprint density at radius 2 is 1.80 bits per heavy atom. The Hall–Kier alpha value is -0.660. The molecule has 6 nitrogen and oxygen atoms in total. The number of rotatable bonds is 6. The van der Waals surface area contributed by atoms with Gasteiger partial charge in [-0.05, 0) is 19.3 Å². The van der Waals surface area contributed by atoms with Crippen LogP contribution in [0.2, 0.25) is 0 Å². The van der Waals surface area contributed by atoms with E-state index in [0.717, 1.165) is 19.3 Å². The van der Waals surface area contributed by atoms with E-state index in [-0.39, 0.29) is 17.9 Å². The standard InChI is InChI=1S/C13H27N3O3S/c1-5-16(6-2)20(18,19)14-12-9-7-8-11(10-12)13(17)15(3)4/h11-12,14H,5-10H2,1-4H3. The predicted octanol–water partition coefficient (Wildman–Crippen LogP) is 0.810. The lowest BCUT2D eigenvalue weighted by molar-refractivity contribution is -0.134. The van der Waals surface area contributed by atoms with Gasteiger partial charge in [0.25, 0.3) is 10.2 Å². The Labute approximate surface area is 122 Å². The molecule has 2 unspecified atom stereocenters. The van der Waals surface area contributed by atoms with Gasteiger partial charge in [-0.25, -0.2) is 0 Å².